The lowest BCUT2D eigenvalue weighted by Gasteiger charge is -2.13. The molecule has 2 aromatic rings. The van der Waals surface area contributed by atoms with E-state index in [1.165, 1.54) is 32.0 Å². The number of hydrogen-bond acceptors (Lipinski definition) is 6. The van der Waals surface area contributed by atoms with Gasteiger partial charge in [0, 0.05) is 0 Å². The molecule has 1 aliphatic heterocycles. The van der Waals surface area contributed by atoms with E-state index in [4.69, 9.17) is 9.47 Å². The van der Waals surface area contributed by atoms with Crippen molar-refractivity contribution in [2.75, 3.05) is 13.2 Å². The second-order valence-electron chi connectivity index (χ2n) is 6.24. The van der Waals surface area contributed by atoms with E-state index >= 15 is 0 Å². The van der Waals surface area contributed by atoms with Crippen LogP contribution in [-0.2, 0) is 4.74 Å². The first-order valence-electron chi connectivity index (χ1n) is 8.90. The van der Waals surface area contributed by atoms with Gasteiger partial charge in [-0.25, -0.2) is 9.97 Å². The Morgan fingerprint density at radius 1 is 1.21 bits per heavy atom. The smallest absolute Gasteiger partial charge is 0.245 e. The van der Waals surface area contributed by atoms with Crippen molar-refractivity contribution >= 4 is 11.2 Å². The summed E-state index contributed by atoms with van der Waals surface area (Å²) in [6, 6.07) is 0. The monoisotopic (exact) mass is 334 g/mol. The third kappa shape index (κ3) is 3.84. The predicted octanol–water partition coefficient (Wildman–Crippen LogP) is 2.85. The van der Waals surface area contributed by atoms with Gasteiger partial charge < -0.3 is 14.6 Å². The van der Waals surface area contributed by atoms with Gasteiger partial charge in [-0.05, 0) is 19.3 Å². The average Bonchev–Trinajstić information content (AvgIpc) is 3.24. The summed E-state index contributed by atoms with van der Waals surface area (Å²) in [4.78, 5) is 13.0. The molecule has 0 amide bonds. The summed E-state index contributed by atoms with van der Waals surface area (Å²) >= 11 is 0. The van der Waals surface area contributed by atoms with E-state index in [-0.39, 0.29) is 18.9 Å². The predicted molar refractivity (Wildman–Crippen MR) is 89.8 cm³/mol. The van der Waals surface area contributed by atoms with Crippen LogP contribution in [0.25, 0.3) is 11.2 Å². The summed E-state index contributed by atoms with van der Waals surface area (Å²) in [5.41, 5.74) is 1.39. The van der Waals surface area contributed by atoms with Gasteiger partial charge in [0.1, 0.15) is 12.6 Å². The molecule has 2 atom stereocenters. The number of aliphatic hydroxyl groups excluding tert-OH is 1. The third-order valence-corrected chi connectivity index (χ3v) is 4.41. The summed E-state index contributed by atoms with van der Waals surface area (Å²) < 4.78 is 13.5. The van der Waals surface area contributed by atoms with E-state index in [9.17, 15) is 5.11 Å². The van der Waals surface area contributed by atoms with E-state index in [0.29, 0.717) is 18.0 Å². The van der Waals surface area contributed by atoms with Crippen LogP contribution < -0.4 is 4.74 Å². The molecular weight excluding hydrogens is 308 g/mol. The number of rotatable bonds is 9. The number of fused-ring (bicyclic) bond motifs is 1. The molecule has 0 bridgehead atoms. The molecule has 1 aliphatic rings. The number of hydrogen-bond donors (Lipinski definition) is 1. The van der Waals surface area contributed by atoms with E-state index in [0.717, 1.165) is 24.9 Å². The Kier molecular flexibility index (Phi) is 5.98. The van der Waals surface area contributed by atoms with Gasteiger partial charge in [-0.3, -0.25) is 4.57 Å². The highest BCUT2D eigenvalue weighted by atomic mass is 16.5. The molecule has 3 heterocycles. The number of nitrogens with zero attached hydrogens (tertiary/aromatic N) is 4. The van der Waals surface area contributed by atoms with Gasteiger partial charge in [0.15, 0.2) is 11.2 Å². The van der Waals surface area contributed by atoms with Crippen LogP contribution in [0.1, 0.15) is 58.1 Å². The molecule has 1 saturated heterocycles. The fraction of sp³-hybridized carbons (Fsp3) is 0.706. The lowest BCUT2D eigenvalue weighted by Crippen LogP contribution is -2.14. The maximum absolute atomic E-state index is 9.22. The summed E-state index contributed by atoms with van der Waals surface area (Å²) in [5, 5.41) is 9.22. The Bertz CT molecular complexity index is 646. The Morgan fingerprint density at radius 2 is 2.08 bits per heavy atom. The third-order valence-electron chi connectivity index (χ3n) is 4.41. The van der Waals surface area contributed by atoms with Crippen LogP contribution in [-0.4, -0.2) is 43.9 Å². The average molecular weight is 334 g/mol. The van der Waals surface area contributed by atoms with Crippen LogP contribution in [0.5, 0.6) is 5.88 Å². The summed E-state index contributed by atoms with van der Waals surface area (Å²) in [7, 11) is 0. The molecule has 0 aliphatic carbocycles. The van der Waals surface area contributed by atoms with Crippen molar-refractivity contribution < 1.29 is 14.6 Å². The van der Waals surface area contributed by atoms with Gasteiger partial charge in [-0.15, -0.1) is 0 Å². The molecule has 0 radical (unpaired) electrons. The Balaban J connectivity index is 1.64. The minimum atomic E-state index is -0.135. The first kappa shape index (κ1) is 17.1. The molecule has 0 saturated carbocycles. The fourth-order valence-corrected chi connectivity index (χ4v) is 3.05. The van der Waals surface area contributed by atoms with Crippen molar-refractivity contribution in [2.24, 2.45) is 0 Å². The van der Waals surface area contributed by atoms with Gasteiger partial charge in [-0.2, -0.15) is 4.98 Å². The molecule has 0 aromatic carbocycles. The van der Waals surface area contributed by atoms with Gasteiger partial charge in [0.05, 0.1) is 25.6 Å². The van der Waals surface area contributed by atoms with Crippen LogP contribution in [0, 0.1) is 0 Å². The molecular formula is C17H26N4O3. The zero-order valence-electron chi connectivity index (χ0n) is 14.2. The van der Waals surface area contributed by atoms with Crippen LogP contribution in [0.3, 0.4) is 0 Å². The largest absolute Gasteiger partial charge is 0.476 e. The second-order valence-corrected chi connectivity index (χ2v) is 6.24. The lowest BCUT2D eigenvalue weighted by molar-refractivity contribution is -0.0207. The Hall–Kier alpha value is -1.73. The molecule has 1 fully saturated rings. The van der Waals surface area contributed by atoms with Crippen molar-refractivity contribution in [1.29, 1.82) is 0 Å². The molecule has 1 N–H and O–H groups in total. The highest BCUT2D eigenvalue weighted by Crippen LogP contribution is 2.31. The molecule has 3 rings (SSSR count). The Labute approximate surface area is 142 Å². The van der Waals surface area contributed by atoms with E-state index < -0.39 is 0 Å². The van der Waals surface area contributed by atoms with Crippen LogP contribution >= 0.6 is 0 Å². The minimum absolute atomic E-state index is 0.0461. The first-order valence-corrected chi connectivity index (χ1v) is 8.90. The van der Waals surface area contributed by atoms with Crippen LogP contribution in [0.2, 0.25) is 0 Å². The number of unbranched alkanes of at least 4 members (excludes halogenated alkanes) is 4. The van der Waals surface area contributed by atoms with E-state index in [1.54, 1.807) is 6.33 Å². The van der Waals surface area contributed by atoms with Gasteiger partial charge in [0.2, 0.25) is 5.88 Å². The quantitative estimate of drug-likeness (QED) is 0.710. The maximum atomic E-state index is 9.22. The molecule has 24 heavy (non-hydrogen) atoms. The highest BCUT2D eigenvalue weighted by Gasteiger charge is 2.27. The lowest BCUT2D eigenvalue weighted by atomic mass is 10.2. The number of aromatic nitrogens is 4. The second kappa shape index (κ2) is 8.39. The topological polar surface area (TPSA) is 82.3 Å². The van der Waals surface area contributed by atoms with Crippen molar-refractivity contribution in [3.63, 3.8) is 0 Å². The number of ether oxygens (including phenoxy) is 2. The summed E-state index contributed by atoms with van der Waals surface area (Å²) in [6.45, 7) is 2.90. The van der Waals surface area contributed by atoms with Gasteiger partial charge >= 0.3 is 0 Å². The van der Waals surface area contributed by atoms with Gasteiger partial charge in [0.25, 0.3) is 0 Å². The summed E-state index contributed by atoms with van der Waals surface area (Å²) in [6.07, 6.45) is 10.6. The van der Waals surface area contributed by atoms with Crippen molar-refractivity contribution in [2.45, 2.75) is 64.2 Å². The van der Waals surface area contributed by atoms with Crippen molar-refractivity contribution in [1.82, 2.24) is 19.5 Å². The van der Waals surface area contributed by atoms with Crippen molar-refractivity contribution in [3.05, 3.63) is 12.7 Å². The molecule has 132 valence electrons. The zero-order valence-corrected chi connectivity index (χ0v) is 14.2. The summed E-state index contributed by atoms with van der Waals surface area (Å²) in [5.74, 6) is 0.533. The maximum Gasteiger partial charge on any atom is 0.245 e. The standard InChI is InChI=1S/C17H26N4O3/c1-2-3-4-5-6-9-23-17-15-16(18-11-19-17)21(12-20-15)14-8-7-13(10-22)24-14/h11-14,22H,2-10H2,1H3/t13-,14+/m0/s1. The normalized spacial score (nSPS) is 20.8. The molecule has 0 unspecified atom stereocenters. The SMILES string of the molecule is CCCCCCCOc1ncnc2c1ncn2[C@H]1CC[C@@H](CO)O1. The van der Waals surface area contributed by atoms with Gasteiger partial charge in [-0.1, -0.05) is 32.6 Å². The van der Waals surface area contributed by atoms with Crippen LogP contribution in [0.4, 0.5) is 0 Å². The zero-order chi connectivity index (χ0) is 16.8. The highest BCUT2D eigenvalue weighted by molar-refractivity contribution is 5.75. The van der Waals surface area contributed by atoms with E-state index in [2.05, 4.69) is 21.9 Å². The molecule has 7 nitrogen and oxygen atoms in total. The number of aliphatic hydroxyl groups is 1. The number of imidazole rings is 1. The molecule has 7 heteroatoms. The molecule has 2 aromatic heterocycles. The minimum Gasteiger partial charge on any atom is -0.476 e. The van der Waals surface area contributed by atoms with Crippen LogP contribution in [0.15, 0.2) is 12.7 Å². The Morgan fingerprint density at radius 3 is 2.88 bits per heavy atom. The van der Waals surface area contributed by atoms with Crippen molar-refractivity contribution in [3.8, 4) is 5.88 Å². The van der Waals surface area contributed by atoms with E-state index in [1.807, 2.05) is 4.57 Å². The molecule has 0 spiro atoms. The first-order chi connectivity index (χ1) is 11.8. The fourth-order valence-electron chi connectivity index (χ4n) is 3.05.